The van der Waals surface area contributed by atoms with Gasteiger partial charge in [0.2, 0.25) is 15.9 Å². The first-order valence-corrected chi connectivity index (χ1v) is 9.65. The van der Waals surface area contributed by atoms with Crippen molar-refractivity contribution in [3.05, 3.63) is 41.6 Å². The predicted octanol–water partition coefficient (Wildman–Crippen LogP) is 3.22. The van der Waals surface area contributed by atoms with E-state index in [1.54, 1.807) is 24.3 Å². The van der Waals surface area contributed by atoms with Crippen LogP contribution in [0.4, 0.5) is 13.2 Å². The first-order chi connectivity index (χ1) is 12.2. The summed E-state index contributed by atoms with van der Waals surface area (Å²) in [6.07, 6.45) is -3.21. The van der Waals surface area contributed by atoms with E-state index in [9.17, 15) is 21.6 Å². The van der Waals surface area contributed by atoms with Crippen LogP contribution in [-0.2, 0) is 22.6 Å². The molecule has 1 saturated heterocycles. The topological polar surface area (TPSA) is 76.3 Å². The van der Waals surface area contributed by atoms with Crippen molar-refractivity contribution in [3.63, 3.8) is 0 Å². The molecule has 0 amide bonds. The zero-order valence-electron chi connectivity index (χ0n) is 14.0. The van der Waals surface area contributed by atoms with E-state index in [4.69, 9.17) is 4.42 Å². The second-order valence-electron chi connectivity index (χ2n) is 6.12. The number of rotatable bonds is 4. The molecule has 1 aromatic carbocycles. The first-order valence-electron chi connectivity index (χ1n) is 8.21. The number of hydrogen-bond donors (Lipinski definition) is 0. The average Bonchev–Trinajstić information content (AvgIpc) is 3.12. The Hall–Kier alpha value is -1.94. The highest BCUT2D eigenvalue weighted by Gasteiger charge is 2.39. The Morgan fingerprint density at radius 1 is 1.15 bits per heavy atom. The molecule has 1 fully saturated rings. The van der Waals surface area contributed by atoms with Gasteiger partial charge in [-0.25, -0.2) is 8.42 Å². The van der Waals surface area contributed by atoms with E-state index in [1.807, 2.05) is 6.92 Å². The standard InChI is InChI=1S/C16H18F3N3O3S/c1-2-11-3-5-13(6-4-11)26(23,24)22-9-7-12(8-10-22)14-20-21-15(25-14)16(17,18)19/h3-6,12H,2,7-10H2,1H3. The van der Waals surface area contributed by atoms with Gasteiger partial charge in [-0.1, -0.05) is 19.1 Å². The molecule has 0 N–H and O–H groups in total. The monoisotopic (exact) mass is 389 g/mol. The number of alkyl halides is 3. The number of benzene rings is 1. The zero-order chi connectivity index (χ0) is 18.9. The molecule has 0 atom stereocenters. The number of piperidine rings is 1. The molecule has 3 rings (SSSR count). The van der Waals surface area contributed by atoms with Gasteiger partial charge in [-0.2, -0.15) is 17.5 Å². The van der Waals surface area contributed by atoms with Crippen LogP contribution in [-0.4, -0.2) is 36.0 Å². The zero-order valence-corrected chi connectivity index (χ0v) is 14.8. The van der Waals surface area contributed by atoms with Crippen molar-refractivity contribution >= 4 is 10.0 Å². The van der Waals surface area contributed by atoms with Crippen LogP contribution in [0.25, 0.3) is 0 Å². The molecule has 0 saturated carbocycles. The van der Waals surface area contributed by atoms with Crippen LogP contribution in [0.3, 0.4) is 0 Å². The van der Waals surface area contributed by atoms with Crippen molar-refractivity contribution in [2.75, 3.05) is 13.1 Å². The highest BCUT2D eigenvalue weighted by Crippen LogP contribution is 2.33. The molecule has 6 nitrogen and oxygen atoms in total. The fourth-order valence-corrected chi connectivity index (χ4v) is 4.37. The quantitative estimate of drug-likeness (QED) is 0.803. The maximum absolute atomic E-state index is 12.7. The third-order valence-corrected chi connectivity index (χ3v) is 6.37. The molecular formula is C16H18F3N3O3S. The molecule has 0 unspecified atom stereocenters. The highest BCUT2D eigenvalue weighted by atomic mass is 32.2. The summed E-state index contributed by atoms with van der Waals surface area (Å²) in [5.41, 5.74) is 1.04. The lowest BCUT2D eigenvalue weighted by Crippen LogP contribution is -2.37. The van der Waals surface area contributed by atoms with Crippen LogP contribution in [0.5, 0.6) is 0 Å². The Morgan fingerprint density at radius 2 is 1.77 bits per heavy atom. The fourth-order valence-electron chi connectivity index (χ4n) is 2.90. The van der Waals surface area contributed by atoms with Crippen LogP contribution in [0, 0.1) is 0 Å². The van der Waals surface area contributed by atoms with E-state index in [0.29, 0.717) is 12.8 Å². The third kappa shape index (κ3) is 3.75. The van der Waals surface area contributed by atoms with Crippen LogP contribution >= 0.6 is 0 Å². The van der Waals surface area contributed by atoms with Crippen molar-refractivity contribution in [2.24, 2.45) is 0 Å². The number of hydrogen-bond acceptors (Lipinski definition) is 5. The Balaban J connectivity index is 1.68. The van der Waals surface area contributed by atoms with Crippen LogP contribution < -0.4 is 0 Å². The predicted molar refractivity (Wildman–Crippen MR) is 85.9 cm³/mol. The summed E-state index contributed by atoms with van der Waals surface area (Å²) in [6, 6.07) is 6.70. The second kappa shape index (κ2) is 6.99. The molecule has 26 heavy (non-hydrogen) atoms. The molecule has 10 heteroatoms. The summed E-state index contributed by atoms with van der Waals surface area (Å²) < 4.78 is 69.1. The molecule has 142 valence electrons. The van der Waals surface area contributed by atoms with Crippen molar-refractivity contribution in [2.45, 2.75) is 43.2 Å². The van der Waals surface area contributed by atoms with E-state index in [2.05, 4.69) is 10.2 Å². The average molecular weight is 389 g/mol. The van der Waals surface area contributed by atoms with Crippen molar-refractivity contribution in [1.82, 2.24) is 14.5 Å². The van der Waals surface area contributed by atoms with Gasteiger partial charge in [0.1, 0.15) is 0 Å². The van der Waals surface area contributed by atoms with E-state index in [0.717, 1.165) is 12.0 Å². The molecule has 1 aliphatic rings. The summed E-state index contributed by atoms with van der Waals surface area (Å²) in [5, 5.41) is 6.49. The lowest BCUT2D eigenvalue weighted by atomic mass is 9.98. The lowest BCUT2D eigenvalue weighted by Gasteiger charge is -2.29. The van der Waals surface area contributed by atoms with Crippen LogP contribution in [0.15, 0.2) is 33.6 Å². The number of halogens is 3. The molecule has 0 bridgehead atoms. The van der Waals surface area contributed by atoms with Gasteiger partial charge < -0.3 is 4.42 Å². The van der Waals surface area contributed by atoms with Gasteiger partial charge in [-0.05, 0) is 37.0 Å². The minimum Gasteiger partial charge on any atom is -0.417 e. The molecular weight excluding hydrogens is 371 g/mol. The van der Waals surface area contributed by atoms with E-state index >= 15 is 0 Å². The minimum absolute atomic E-state index is 0.0957. The SMILES string of the molecule is CCc1ccc(S(=O)(=O)N2CCC(c3nnc(C(F)(F)F)o3)CC2)cc1. The van der Waals surface area contributed by atoms with Crippen LogP contribution in [0.2, 0.25) is 0 Å². The number of aromatic nitrogens is 2. The van der Waals surface area contributed by atoms with Gasteiger partial charge in [0.15, 0.2) is 0 Å². The molecule has 0 radical (unpaired) electrons. The molecule has 1 aliphatic heterocycles. The summed E-state index contributed by atoms with van der Waals surface area (Å²) in [5.74, 6) is -1.85. The lowest BCUT2D eigenvalue weighted by molar-refractivity contribution is -0.157. The molecule has 2 heterocycles. The highest BCUT2D eigenvalue weighted by molar-refractivity contribution is 7.89. The van der Waals surface area contributed by atoms with Crippen molar-refractivity contribution in [3.8, 4) is 0 Å². The number of nitrogens with zero attached hydrogens (tertiary/aromatic N) is 3. The smallest absolute Gasteiger partial charge is 0.417 e. The maximum atomic E-state index is 12.7. The summed E-state index contributed by atoms with van der Waals surface area (Å²) >= 11 is 0. The van der Waals surface area contributed by atoms with Gasteiger partial charge in [-0.15, -0.1) is 10.2 Å². The molecule has 0 spiro atoms. The molecule has 0 aliphatic carbocycles. The van der Waals surface area contributed by atoms with E-state index in [1.165, 1.54) is 4.31 Å². The molecule has 1 aromatic heterocycles. The van der Waals surface area contributed by atoms with Crippen molar-refractivity contribution < 1.29 is 26.0 Å². The van der Waals surface area contributed by atoms with Crippen molar-refractivity contribution in [1.29, 1.82) is 0 Å². The number of aryl methyl sites for hydroxylation is 1. The fraction of sp³-hybridized carbons (Fsp3) is 0.500. The molecule has 2 aromatic rings. The number of sulfonamides is 1. The summed E-state index contributed by atoms with van der Waals surface area (Å²) in [6.45, 7) is 2.36. The third-order valence-electron chi connectivity index (χ3n) is 4.46. The largest absolute Gasteiger partial charge is 0.470 e. The second-order valence-corrected chi connectivity index (χ2v) is 8.06. The van der Waals surface area contributed by atoms with Gasteiger partial charge in [-0.3, -0.25) is 0 Å². The summed E-state index contributed by atoms with van der Waals surface area (Å²) in [7, 11) is -3.62. The Bertz CT molecular complexity index is 855. The van der Waals surface area contributed by atoms with E-state index < -0.39 is 22.1 Å². The normalized spacial score (nSPS) is 17.5. The summed E-state index contributed by atoms with van der Waals surface area (Å²) in [4.78, 5) is 0.213. The van der Waals surface area contributed by atoms with E-state index in [-0.39, 0.29) is 29.8 Å². The van der Waals surface area contributed by atoms with Crippen LogP contribution in [0.1, 0.15) is 43.0 Å². The van der Waals surface area contributed by atoms with Gasteiger partial charge in [0.05, 0.1) is 4.90 Å². The Labute approximate surface area is 149 Å². The first kappa shape index (κ1) is 18.8. The van der Waals surface area contributed by atoms with Gasteiger partial charge in [0.25, 0.3) is 0 Å². The van der Waals surface area contributed by atoms with Gasteiger partial charge >= 0.3 is 12.1 Å². The maximum Gasteiger partial charge on any atom is 0.470 e. The minimum atomic E-state index is -4.68. The Kier molecular flexibility index (Phi) is 5.07. The van der Waals surface area contributed by atoms with Gasteiger partial charge in [0, 0.05) is 19.0 Å². The Morgan fingerprint density at radius 3 is 2.27 bits per heavy atom.